The lowest BCUT2D eigenvalue weighted by Crippen LogP contribution is -2.52. The number of nitrogens with two attached hydrogens (primary N) is 2. The van der Waals surface area contributed by atoms with Crippen molar-refractivity contribution in [1.82, 2.24) is 10.6 Å². The zero-order valence-corrected chi connectivity index (χ0v) is 13.3. The van der Waals surface area contributed by atoms with Gasteiger partial charge in [0.1, 0.15) is 12.1 Å². The van der Waals surface area contributed by atoms with Crippen LogP contribution in [0.1, 0.15) is 39.5 Å². The van der Waals surface area contributed by atoms with E-state index in [0.29, 0.717) is 25.8 Å². The Morgan fingerprint density at radius 3 is 2.14 bits per heavy atom. The van der Waals surface area contributed by atoms with Crippen LogP contribution in [0.3, 0.4) is 0 Å². The molecule has 0 spiro atoms. The number of unbranched alkanes of at least 4 members (excludes halogenated alkanes) is 1. The Labute approximate surface area is 131 Å². The summed E-state index contributed by atoms with van der Waals surface area (Å²) in [6, 6.07) is -1.77. The van der Waals surface area contributed by atoms with Gasteiger partial charge in [-0.1, -0.05) is 13.8 Å². The minimum Gasteiger partial charge on any atom is -0.480 e. The van der Waals surface area contributed by atoms with E-state index in [1.165, 1.54) is 0 Å². The van der Waals surface area contributed by atoms with Gasteiger partial charge in [-0.15, -0.1) is 0 Å². The molecule has 7 N–H and O–H groups in total. The Morgan fingerprint density at radius 1 is 1.05 bits per heavy atom. The van der Waals surface area contributed by atoms with Gasteiger partial charge in [0.15, 0.2) is 0 Å². The quantitative estimate of drug-likeness (QED) is 0.314. The summed E-state index contributed by atoms with van der Waals surface area (Å²) in [7, 11) is 0. The first-order chi connectivity index (χ1) is 10.3. The Hall–Kier alpha value is -1.67. The number of aliphatic carboxylic acids is 1. The van der Waals surface area contributed by atoms with Crippen LogP contribution in [-0.4, -0.2) is 48.1 Å². The molecule has 0 unspecified atom stereocenters. The van der Waals surface area contributed by atoms with Crippen LogP contribution in [0, 0.1) is 5.92 Å². The molecule has 0 aromatic carbocycles. The maximum atomic E-state index is 12.2. The van der Waals surface area contributed by atoms with Crippen molar-refractivity contribution in [3.05, 3.63) is 0 Å². The third-order valence-electron chi connectivity index (χ3n) is 3.11. The molecule has 22 heavy (non-hydrogen) atoms. The van der Waals surface area contributed by atoms with Gasteiger partial charge >= 0.3 is 5.97 Å². The van der Waals surface area contributed by atoms with Crippen molar-refractivity contribution in [1.29, 1.82) is 0 Å². The highest BCUT2D eigenvalue weighted by Gasteiger charge is 2.26. The van der Waals surface area contributed by atoms with Crippen LogP contribution in [0.4, 0.5) is 0 Å². The molecule has 0 aliphatic rings. The normalized spacial score (nSPS) is 13.5. The summed E-state index contributed by atoms with van der Waals surface area (Å²) in [6.07, 6.45) is 2.09. The molecule has 0 aromatic heterocycles. The van der Waals surface area contributed by atoms with Gasteiger partial charge in [0.2, 0.25) is 11.8 Å². The van der Waals surface area contributed by atoms with Gasteiger partial charge in [0.25, 0.3) is 0 Å². The fraction of sp³-hybridized carbons (Fsp3) is 0.786. The average molecular weight is 316 g/mol. The minimum atomic E-state index is -1.09. The van der Waals surface area contributed by atoms with E-state index in [0.717, 1.165) is 6.42 Å². The lowest BCUT2D eigenvalue weighted by Gasteiger charge is -2.22. The maximum absolute atomic E-state index is 12.2. The lowest BCUT2D eigenvalue weighted by molar-refractivity contribution is -0.142. The Balaban J connectivity index is 4.75. The van der Waals surface area contributed by atoms with E-state index in [9.17, 15) is 14.4 Å². The van der Waals surface area contributed by atoms with Crippen molar-refractivity contribution in [3.63, 3.8) is 0 Å². The third-order valence-corrected chi connectivity index (χ3v) is 3.11. The highest BCUT2D eigenvalue weighted by Crippen LogP contribution is 2.07. The lowest BCUT2D eigenvalue weighted by atomic mass is 10.0. The second kappa shape index (κ2) is 11.0. The molecule has 0 bridgehead atoms. The summed E-state index contributed by atoms with van der Waals surface area (Å²) >= 11 is 0. The predicted molar refractivity (Wildman–Crippen MR) is 82.9 cm³/mol. The Morgan fingerprint density at radius 2 is 1.68 bits per heavy atom. The van der Waals surface area contributed by atoms with Crippen molar-refractivity contribution < 1.29 is 19.5 Å². The molecule has 0 aliphatic carbocycles. The summed E-state index contributed by atoms with van der Waals surface area (Å²) in [6.45, 7) is 4.01. The van der Waals surface area contributed by atoms with Crippen LogP contribution < -0.4 is 22.1 Å². The van der Waals surface area contributed by atoms with Crippen LogP contribution in [0.2, 0.25) is 0 Å². The zero-order chi connectivity index (χ0) is 17.1. The molecule has 8 heteroatoms. The van der Waals surface area contributed by atoms with E-state index in [1.807, 2.05) is 13.8 Å². The van der Waals surface area contributed by atoms with Crippen LogP contribution in [-0.2, 0) is 14.4 Å². The van der Waals surface area contributed by atoms with Crippen LogP contribution >= 0.6 is 0 Å². The topological polar surface area (TPSA) is 148 Å². The van der Waals surface area contributed by atoms with Crippen LogP contribution in [0.25, 0.3) is 0 Å². The molecule has 8 nitrogen and oxygen atoms in total. The van der Waals surface area contributed by atoms with Gasteiger partial charge in [-0.3, -0.25) is 9.59 Å². The van der Waals surface area contributed by atoms with Crippen LogP contribution in [0.5, 0.6) is 0 Å². The van der Waals surface area contributed by atoms with E-state index >= 15 is 0 Å². The molecule has 0 radical (unpaired) electrons. The molecule has 2 amide bonds. The number of hydrogen-bond donors (Lipinski definition) is 5. The van der Waals surface area contributed by atoms with Gasteiger partial charge in [-0.2, -0.15) is 0 Å². The fourth-order valence-corrected chi connectivity index (χ4v) is 1.98. The van der Waals surface area contributed by atoms with E-state index in [-0.39, 0.29) is 12.5 Å². The van der Waals surface area contributed by atoms with Gasteiger partial charge < -0.3 is 27.2 Å². The number of carboxylic acid groups (broad SMARTS) is 1. The number of rotatable bonds is 11. The smallest absolute Gasteiger partial charge is 0.326 e. The molecule has 0 rings (SSSR count). The molecular formula is C14H28N4O4. The van der Waals surface area contributed by atoms with Crippen LogP contribution in [0.15, 0.2) is 0 Å². The summed E-state index contributed by atoms with van der Waals surface area (Å²) in [4.78, 5) is 34.8. The second-order valence-corrected chi connectivity index (χ2v) is 5.64. The molecule has 0 heterocycles. The van der Waals surface area contributed by atoms with E-state index in [1.54, 1.807) is 0 Å². The number of nitrogens with one attached hydrogen (secondary N) is 2. The van der Waals surface area contributed by atoms with Gasteiger partial charge in [0.05, 0.1) is 6.54 Å². The molecule has 0 saturated heterocycles. The Bertz CT molecular complexity index is 374. The van der Waals surface area contributed by atoms with E-state index in [2.05, 4.69) is 10.6 Å². The van der Waals surface area contributed by atoms with Crippen molar-refractivity contribution in [2.24, 2.45) is 17.4 Å². The highest BCUT2D eigenvalue weighted by molar-refractivity contribution is 5.90. The highest BCUT2D eigenvalue weighted by atomic mass is 16.4. The molecule has 128 valence electrons. The summed E-state index contributed by atoms with van der Waals surface area (Å²) in [5.41, 5.74) is 10.6. The second-order valence-electron chi connectivity index (χ2n) is 5.64. The van der Waals surface area contributed by atoms with Gasteiger partial charge in [0, 0.05) is 0 Å². The number of carboxylic acids is 1. The van der Waals surface area contributed by atoms with Crippen molar-refractivity contribution in [3.8, 4) is 0 Å². The standard InChI is InChI=1S/C14H28N4O4/c1-9(2)7-11(14(21)22)18-13(20)10(5-3-4-6-15)17-12(19)8-16/h9-11H,3-8,15-16H2,1-2H3,(H,17,19)(H,18,20)(H,21,22)/t10-,11-/m0/s1. The third kappa shape index (κ3) is 8.58. The fourth-order valence-electron chi connectivity index (χ4n) is 1.98. The van der Waals surface area contributed by atoms with Gasteiger partial charge in [-0.05, 0) is 38.1 Å². The predicted octanol–water partition coefficient (Wildman–Crippen LogP) is -0.826. The van der Waals surface area contributed by atoms with Crippen molar-refractivity contribution in [2.45, 2.75) is 51.6 Å². The first-order valence-corrected chi connectivity index (χ1v) is 7.54. The number of carbonyl (C=O) groups is 3. The zero-order valence-electron chi connectivity index (χ0n) is 13.3. The van der Waals surface area contributed by atoms with E-state index in [4.69, 9.17) is 16.6 Å². The maximum Gasteiger partial charge on any atom is 0.326 e. The van der Waals surface area contributed by atoms with Crippen molar-refractivity contribution >= 4 is 17.8 Å². The molecule has 2 atom stereocenters. The SMILES string of the molecule is CC(C)C[C@H](NC(=O)[C@H](CCCCN)NC(=O)CN)C(=O)O. The largest absolute Gasteiger partial charge is 0.480 e. The average Bonchev–Trinajstić information content (AvgIpc) is 2.44. The molecule has 0 aromatic rings. The number of carbonyl (C=O) groups excluding carboxylic acids is 2. The summed E-state index contributed by atoms with van der Waals surface area (Å²) in [5.74, 6) is -1.93. The number of hydrogen-bond acceptors (Lipinski definition) is 5. The molecular weight excluding hydrogens is 288 g/mol. The molecule has 0 saturated carbocycles. The first kappa shape index (κ1) is 20.3. The number of amides is 2. The van der Waals surface area contributed by atoms with E-state index < -0.39 is 29.9 Å². The minimum absolute atomic E-state index is 0.121. The summed E-state index contributed by atoms with van der Waals surface area (Å²) in [5, 5.41) is 14.1. The first-order valence-electron chi connectivity index (χ1n) is 7.54. The molecule has 0 fully saturated rings. The van der Waals surface area contributed by atoms with Gasteiger partial charge in [-0.25, -0.2) is 4.79 Å². The van der Waals surface area contributed by atoms with Crippen molar-refractivity contribution in [2.75, 3.05) is 13.1 Å². The monoisotopic (exact) mass is 316 g/mol. The summed E-state index contributed by atoms with van der Waals surface area (Å²) < 4.78 is 0. The Kier molecular flexibility index (Phi) is 10.1. The molecule has 0 aliphatic heterocycles.